The van der Waals surface area contributed by atoms with Crippen LogP contribution in [0.15, 0.2) is 16.6 Å². The van der Waals surface area contributed by atoms with E-state index in [1.165, 1.54) is 6.07 Å². The molecular weight excluding hydrogens is 294 g/mol. The van der Waals surface area contributed by atoms with Gasteiger partial charge < -0.3 is 0 Å². The Bertz CT molecular complexity index is 473. The second-order valence-corrected chi connectivity index (χ2v) is 5.39. The van der Waals surface area contributed by atoms with Crippen LogP contribution in [0.2, 0.25) is 0 Å². The second kappa shape index (κ2) is 4.54. The van der Waals surface area contributed by atoms with Crippen LogP contribution in [0.3, 0.4) is 0 Å². The lowest BCUT2D eigenvalue weighted by molar-refractivity contribution is 0.303. The molecule has 3 nitrogen and oxygen atoms in total. The Hall–Kier alpha value is -0.530. The van der Waals surface area contributed by atoms with E-state index < -0.39 is 28.4 Å². The molecule has 0 atom stereocenters. The van der Waals surface area contributed by atoms with Crippen molar-refractivity contribution >= 4 is 26.0 Å². The molecule has 1 rings (SSSR count). The van der Waals surface area contributed by atoms with Crippen molar-refractivity contribution in [3.8, 4) is 0 Å². The Kier molecular flexibility index (Phi) is 3.80. The van der Waals surface area contributed by atoms with E-state index in [1.807, 2.05) is 0 Å². The first-order valence-corrected chi connectivity index (χ1v) is 6.38. The van der Waals surface area contributed by atoms with Crippen LogP contribution in [0.4, 0.5) is 8.78 Å². The molecule has 0 unspecified atom stereocenters. The lowest BCUT2D eigenvalue weighted by Crippen LogP contribution is -2.05. The van der Waals surface area contributed by atoms with E-state index in [0.29, 0.717) is 4.47 Å². The van der Waals surface area contributed by atoms with E-state index in [-0.39, 0.29) is 5.56 Å². The molecule has 0 radical (unpaired) electrons. The van der Waals surface area contributed by atoms with Crippen LogP contribution in [-0.2, 0) is 20.9 Å². The summed E-state index contributed by atoms with van der Waals surface area (Å²) < 4.78 is 51.9. The topological polar surface area (TPSA) is 43.4 Å². The van der Waals surface area contributed by atoms with E-state index in [1.54, 1.807) is 0 Å². The summed E-state index contributed by atoms with van der Waals surface area (Å²) in [7, 11) is -3.67. The number of hydrogen-bond donors (Lipinski definition) is 0. The number of hydrogen-bond acceptors (Lipinski definition) is 3. The van der Waals surface area contributed by atoms with E-state index >= 15 is 0 Å². The predicted molar refractivity (Wildman–Crippen MR) is 53.7 cm³/mol. The monoisotopic (exact) mass is 300 g/mol. The van der Waals surface area contributed by atoms with Gasteiger partial charge in [0.05, 0.1) is 12.9 Å². The zero-order valence-electron chi connectivity index (χ0n) is 7.63. The van der Waals surface area contributed by atoms with Crippen LogP contribution in [0.1, 0.15) is 5.56 Å². The second-order valence-electron chi connectivity index (χ2n) is 2.83. The molecule has 0 saturated carbocycles. The minimum absolute atomic E-state index is 0.160. The van der Waals surface area contributed by atoms with Gasteiger partial charge >= 0.3 is 0 Å². The zero-order chi connectivity index (χ0) is 11.6. The Morgan fingerprint density at radius 2 is 2.00 bits per heavy atom. The summed E-state index contributed by atoms with van der Waals surface area (Å²) in [5.41, 5.74) is -0.160. The predicted octanol–water partition coefficient (Wildman–Crippen LogP) is 2.20. The van der Waals surface area contributed by atoms with Crippen molar-refractivity contribution in [2.45, 2.75) is 6.61 Å². The van der Waals surface area contributed by atoms with Gasteiger partial charge in [-0.2, -0.15) is 8.42 Å². The summed E-state index contributed by atoms with van der Waals surface area (Å²) >= 11 is 2.96. The molecule has 0 saturated heterocycles. The molecule has 0 amide bonds. The summed E-state index contributed by atoms with van der Waals surface area (Å²) in [5.74, 6) is -2.17. The maximum absolute atomic E-state index is 13.1. The van der Waals surface area contributed by atoms with Crippen molar-refractivity contribution in [2.75, 3.05) is 6.26 Å². The Labute approximate surface area is 94.3 Å². The van der Waals surface area contributed by atoms with Gasteiger partial charge in [0.1, 0.15) is 0 Å². The van der Waals surface area contributed by atoms with Crippen LogP contribution < -0.4 is 0 Å². The smallest absolute Gasteiger partial charge is 0.264 e. The van der Waals surface area contributed by atoms with Crippen molar-refractivity contribution < 1.29 is 21.4 Å². The largest absolute Gasteiger partial charge is 0.265 e. The number of halogens is 3. The molecule has 0 aliphatic rings. The van der Waals surface area contributed by atoms with Gasteiger partial charge in [-0.05, 0) is 12.1 Å². The normalized spacial score (nSPS) is 11.7. The summed E-state index contributed by atoms with van der Waals surface area (Å²) in [4.78, 5) is 0. The van der Waals surface area contributed by atoms with Gasteiger partial charge in [0, 0.05) is 10.0 Å². The first kappa shape index (κ1) is 12.5. The van der Waals surface area contributed by atoms with Gasteiger partial charge in [-0.15, -0.1) is 0 Å². The minimum Gasteiger partial charge on any atom is -0.265 e. The Morgan fingerprint density at radius 3 is 2.53 bits per heavy atom. The molecule has 1 aromatic carbocycles. The van der Waals surface area contributed by atoms with Gasteiger partial charge in [-0.25, -0.2) is 8.78 Å². The zero-order valence-corrected chi connectivity index (χ0v) is 10.0. The Balaban J connectivity index is 2.95. The fourth-order valence-corrected chi connectivity index (χ4v) is 1.70. The quantitative estimate of drug-likeness (QED) is 0.635. The van der Waals surface area contributed by atoms with Crippen LogP contribution in [0.5, 0.6) is 0 Å². The highest BCUT2D eigenvalue weighted by molar-refractivity contribution is 9.10. The molecular formula is C8H7BrF2O3S. The van der Waals surface area contributed by atoms with Crippen LogP contribution in [-0.4, -0.2) is 14.7 Å². The number of benzene rings is 1. The van der Waals surface area contributed by atoms with E-state index in [4.69, 9.17) is 0 Å². The Morgan fingerprint density at radius 1 is 1.40 bits per heavy atom. The molecule has 1 aromatic rings. The molecule has 0 aliphatic carbocycles. The maximum atomic E-state index is 13.1. The lowest BCUT2D eigenvalue weighted by Gasteiger charge is -2.04. The highest BCUT2D eigenvalue weighted by Crippen LogP contribution is 2.20. The molecule has 0 aromatic heterocycles. The molecule has 7 heteroatoms. The van der Waals surface area contributed by atoms with Crippen molar-refractivity contribution in [2.24, 2.45) is 0 Å². The van der Waals surface area contributed by atoms with Crippen LogP contribution in [0, 0.1) is 11.6 Å². The third kappa shape index (κ3) is 3.84. The standard InChI is InChI=1S/C8H7BrF2O3S/c1-15(12,13)14-4-5-2-6(9)3-7(10)8(5)11/h2-3H,4H2,1H3. The molecule has 0 spiro atoms. The molecule has 0 N–H and O–H groups in total. The fourth-order valence-electron chi connectivity index (χ4n) is 0.885. The summed E-state index contributed by atoms with van der Waals surface area (Å²) in [6.07, 6.45) is 0.833. The van der Waals surface area contributed by atoms with Gasteiger partial charge in [-0.1, -0.05) is 15.9 Å². The summed E-state index contributed by atoms with van der Waals surface area (Å²) in [6, 6.07) is 2.20. The average Bonchev–Trinajstić information content (AvgIpc) is 2.07. The molecule has 0 fully saturated rings. The van der Waals surface area contributed by atoms with E-state index in [9.17, 15) is 17.2 Å². The van der Waals surface area contributed by atoms with Gasteiger partial charge in [0.15, 0.2) is 11.6 Å². The average molecular weight is 301 g/mol. The van der Waals surface area contributed by atoms with E-state index in [0.717, 1.165) is 12.3 Å². The van der Waals surface area contributed by atoms with Crippen molar-refractivity contribution in [3.63, 3.8) is 0 Å². The third-order valence-electron chi connectivity index (χ3n) is 1.50. The SMILES string of the molecule is CS(=O)(=O)OCc1cc(Br)cc(F)c1F. The molecule has 15 heavy (non-hydrogen) atoms. The van der Waals surface area contributed by atoms with Crippen LogP contribution >= 0.6 is 15.9 Å². The molecule has 0 bridgehead atoms. The molecule has 0 heterocycles. The van der Waals surface area contributed by atoms with Crippen molar-refractivity contribution in [3.05, 3.63) is 33.8 Å². The van der Waals surface area contributed by atoms with Crippen LogP contribution in [0.25, 0.3) is 0 Å². The fraction of sp³-hybridized carbons (Fsp3) is 0.250. The molecule has 0 aliphatic heterocycles. The van der Waals surface area contributed by atoms with Crippen molar-refractivity contribution in [1.29, 1.82) is 0 Å². The highest BCUT2D eigenvalue weighted by atomic mass is 79.9. The summed E-state index contributed by atoms with van der Waals surface area (Å²) in [6.45, 7) is -0.527. The first-order valence-electron chi connectivity index (χ1n) is 3.77. The lowest BCUT2D eigenvalue weighted by atomic mass is 10.2. The minimum atomic E-state index is -3.67. The van der Waals surface area contributed by atoms with Crippen molar-refractivity contribution in [1.82, 2.24) is 0 Å². The van der Waals surface area contributed by atoms with Gasteiger partial charge in [0.2, 0.25) is 0 Å². The summed E-state index contributed by atoms with van der Waals surface area (Å²) in [5, 5.41) is 0. The number of rotatable bonds is 3. The maximum Gasteiger partial charge on any atom is 0.264 e. The highest BCUT2D eigenvalue weighted by Gasteiger charge is 2.12. The third-order valence-corrected chi connectivity index (χ3v) is 2.50. The molecule has 84 valence electrons. The van der Waals surface area contributed by atoms with Gasteiger partial charge in [0.25, 0.3) is 10.1 Å². The van der Waals surface area contributed by atoms with E-state index in [2.05, 4.69) is 20.1 Å². The first-order chi connectivity index (χ1) is 6.79. The van der Waals surface area contributed by atoms with Gasteiger partial charge in [-0.3, -0.25) is 4.18 Å².